The van der Waals surface area contributed by atoms with Gasteiger partial charge in [0, 0.05) is 15.8 Å². The molecule has 90 valence electrons. The van der Waals surface area contributed by atoms with Crippen LogP contribution < -0.4 is 0 Å². The smallest absolute Gasteiger partial charge is 0.159 e. The summed E-state index contributed by atoms with van der Waals surface area (Å²) in [5.41, 5.74) is 0.566. The summed E-state index contributed by atoms with van der Waals surface area (Å²) in [6.07, 6.45) is -0.453. The van der Waals surface area contributed by atoms with Crippen molar-refractivity contribution >= 4 is 27.3 Å². The summed E-state index contributed by atoms with van der Waals surface area (Å²) in [7, 11) is 0. The van der Waals surface area contributed by atoms with Crippen LogP contribution in [0.25, 0.3) is 0 Å². The first-order valence-electron chi connectivity index (χ1n) is 4.93. The van der Waals surface area contributed by atoms with Gasteiger partial charge in [-0.05, 0) is 45.1 Å². The van der Waals surface area contributed by atoms with Gasteiger partial charge in [-0.25, -0.2) is 8.78 Å². The molecule has 0 aliphatic heterocycles. The van der Waals surface area contributed by atoms with Crippen LogP contribution >= 0.6 is 27.3 Å². The van der Waals surface area contributed by atoms with E-state index in [1.54, 1.807) is 0 Å². The Hall–Kier alpha value is -0.780. The summed E-state index contributed by atoms with van der Waals surface area (Å²) in [5, 5.41) is 11.8. The van der Waals surface area contributed by atoms with Gasteiger partial charge in [-0.1, -0.05) is 6.07 Å². The van der Waals surface area contributed by atoms with Crippen molar-refractivity contribution in [1.82, 2.24) is 0 Å². The third-order valence-electron chi connectivity index (χ3n) is 2.36. The molecule has 2 rings (SSSR count). The Morgan fingerprint density at radius 1 is 1.24 bits per heavy atom. The van der Waals surface area contributed by atoms with E-state index < -0.39 is 17.7 Å². The third kappa shape index (κ3) is 2.91. The number of thiophene rings is 1. The van der Waals surface area contributed by atoms with E-state index >= 15 is 0 Å². The molecule has 17 heavy (non-hydrogen) atoms. The Morgan fingerprint density at radius 3 is 2.59 bits per heavy atom. The average molecular weight is 319 g/mol. The first-order valence-corrected chi connectivity index (χ1v) is 6.60. The predicted octanol–water partition coefficient (Wildman–Crippen LogP) is 4.06. The lowest BCUT2D eigenvalue weighted by molar-refractivity contribution is 0.181. The van der Waals surface area contributed by atoms with Gasteiger partial charge >= 0.3 is 0 Å². The van der Waals surface area contributed by atoms with E-state index in [4.69, 9.17) is 0 Å². The van der Waals surface area contributed by atoms with Gasteiger partial charge in [0.1, 0.15) is 0 Å². The molecule has 0 bridgehead atoms. The van der Waals surface area contributed by atoms with Gasteiger partial charge in [-0.15, -0.1) is 11.3 Å². The zero-order valence-electron chi connectivity index (χ0n) is 8.66. The molecule has 0 spiro atoms. The average Bonchev–Trinajstić information content (AvgIpc) is 2.70. The monoisotopic (exact) mass is 318 g/mol. The normalized spacial score (nSPS) is 12.7. The molecule has 1 unspecified atom stereocenters. The van der Waals surface area contributed by atoms with Gasteiger partial charge in [0.25, 0.3) is 0 Å². The second kappa shape index (κ2) is 5.25. The second-order valence-electron chi connectivity index (χ2n) is 3.60. The molecule has 0 amide bonds. The van der Waals surface area contributed by atoms with Crippen LogP contribution in [0.2, 0.25) is 0 Å². The molecule has 0 aliphatic carbocycles. The molecule has 2 aromatic rings. The molecule has 1 atom stereocenters. The minimum absolute atomic E-state index is 0.260. The molecule has 1 aromatic carbocycles. The van der Waals surface area contributed by atoms with Crippen LogP contribution in [0.1, 0.15) is 16.5 Å². The lowest BCUT2D eigenvalue weighted by atomic mass is 10.1. The summed E-state index contributed by atoms with van der Waals surface area (Å²) in [6, 6.07) is 5.50. The Balaban J connectivity index is 2.16. The van der Waals surface area contributed by atoms with Gasteiger partial charge in [0.15, 0.2) is 11.6 Å². The van der Waals surface area contributed by atoms with Crippen molar-refractivity contribution in [3.05, 3.63) is 56.2 Å². The minimum atomic E-state index is -0.889. The van der Waals surface area contributed by atoms with Gasteiger partial charge in [0.05, 0.1) is 6.10 Å². The van der Waals surface area contributed by atoms with Crippen molar-refractivity contribution in [3.8, 4) is 0 Å². The molecule has 0 aliphatic rings. The van der Waals surface area contributed by atoms with Gasteiger partial charge in [-0.2, -0.15) is 0 Å². The molecule has 1 heterocycles. The van der Waals surface area contributed by atoms with Crippen molar-refractivity contribution < 1.29 is 13.9 Å². The maximum Gasteiger partial charge on any atom is 0.159 e. The van der Waals surface area contributed by atoms with Crippen molar-refractivity contribution in [2.75, 3.05) is 0 Å². The first-order chi connectivity index (χ1) is 8.08. The molecule has 1 N–H and O–H groups in total. The highest BCUT2D eigenvalue weighted by atomic mass is 79.9. The summed E-state index contributed by atoms with van der Waals surface area (Å²) >= 11 is 4.74. The van der Waals surface area contributed by atoms with Crippen molar-refractivity contribution in [1.29, 1.82) is 0 Å². The summed E-state index contributed by atoms with van der Waals surface area (Å²) < 4.78 is 26.5. The molecular formula is C12H9BrF2OS. The molecule has 1 nitrogen and oxygen atoms in total. The number of rotatable bonds is 3. The minimum Gasteiger partial charge on any atom is -0.387 e. The molecule has 5 heteroatoms. The van der Waals surface area contributed by atoms with Crippen LogP contribution in [0.5, 0.6) is 0 Å². The van der Waals surface area contributed by atoms with E-state index in [9.17, 15) is 13.9 Å². The summed E-state index contributed by atoms with van der Waals surface area (Å²) in [4.78, 5) is 0.787. The van der Waals surface area contributed by atoms with E-state index in [0.29, 0.717) is 5.56 Å². The van der Waals surface area contributed by atoms with E-state index in [1.807, 2.05) is 11.4 Å². The van der Waals surface area contributed by atoms with Crippen molar-refractivity contribution in [3.63, 3.8) is 0 Å². The highest BCUT2D eigenvalue weighted by Gasteiger charge is 2.14. The zero-order chi connectivity index (χ0) is 12.4. The van der Waals surface area contributed by atoms with Crippen LogP contribution in [0.4, 0.5) is 8.78 Å². The fourth-order valence-corrected chi connectivity index (χ4v) is 3.15. The maximum absolute atomic E-state index is 13.0. The summed E-state index contributed by atoms with van der Waals surface area (Å²) in [6.45, 7) is 0. The van der Waals surface area contributed by atoms with Gasteiger partial charge in [-0.3, -0.25) is 0 Å². The Labute approximate surface area is 110 Å². The molecule has 0 saturated heterocycles. The number of hydrogen-bond acceptors (Lipinski definition) is 2. The van der Waals surface area contributed by atoms with E-state index in [-0.39, 0.29) is 6.42 Å². The van der Waals surface area contributed by atoms with Crippen LogP contribution in [0.15, 0.2) is 34.1 Å². The number of benzene rings is 1. The molecule has 0 radical (unpaired) electrons. The fourth-order valence-electron chi connectivity index (χ4n) is 1.53. The Kier molecular flexibility index (Phi) is 3.91. The first kappa shape index (κ1) is 12.7. The van der Waals surface area contributed by atoms with E-state index in [1.165, 1.54) is 17.4 Å². The zero-order valence-corrected chi connectivity index (χ0v) is 11.1. The van der Waals surface area contributed by atoms with Crippen LogP contribution in [-0.2, 0) is 6.42 Å². The lowest BCUT2D eigenvalue weighted by Gasteiger charge is -2.09. The Morgan fingerprint density at radius 2 is 2.00 bits per heavy atom. The van der Waals surface area contributed by atoms with Gasteiger partial charge < -0.3 is 5.11 Å². The summed E-state index contributed by atoms with van der Waals surface area (Å²) in [5.74, 6) is -1.76. The van der Waals surface area contributed by atoms with Crippen LogP contribution in [-0.4, -0.2) is 5.11 Å². The second-order valence-corrected chi connectivity index (χ2v) is 5.40. The van der Waals surface area contributed by atoms with Gasteiger partial charge in [0.2, 0.25) is 0 Å². The number of aliphatic hydroxyl groups is 1. The standard InChI is InChI=1S/C12H9BrF2OS/c13-8-3-4-17-12(8)11(16)6-7-1-2-9(14)10(15)5-7/h1-5,11,16H,6H2. The highest BCUT2D eigenvalue weighted by molar-refractivity contribution is 9.10. The lowest BCUT2D eigenvalue weighted by Crippen LogP contribution is -2.01. The van der Waals surface area contributed by atoms with E-state index in [2.05, 4.69) is 15.9 Å². The third-order valence-corrected chi connectivity index (χ3v) is 4.33. The number of halogens is 3. The molecule has 0 fully saturated rings. The van der Waals surface area contributed by atoms with Crippen LogP contribution in [0, 0.1) is 11.6 Å². The largest absolute Gasteiger partial charge is 0.387 e. The quantitative estimate of drug-likeness (QED) is 0.904. The molecular weight excluding hydrogens is 310 g/mol. The van der Waals surface area contributed by atoms with Crippen molar-refractivity contribution in [2.45, 2.75) is 12.5 Å². The van der Waals surface area contributed by atoms with Crippen LogP contribution in [0.3, 0.4) is 0 Å². The van der Waals surface area contributed by atoms with Crippen molar-refractivity contribution in [2.24, 2.45) is 0 Å². The fraction of sp³-hybridized carbons (Fsp3) is 0.167. The highest BCUT2D eigenvalue weighted by Crippen LogP contribution is 2.31. The molecule has 1 aromatic heterocycles. The number of hydrogen-bond donors (Lipinski definition) is 1. The predicted molar refractivity (Wildman–Crippen MR) is 67.0 cm³/mol. The van der Waals surface area contributed by atoms with E-state index in [0.717, 1.165) is 21.5 Å². The topological polar surface area (TPSA) is 20.2 Å². The SMILES string of the molecule is OC(Cc1ccc(F)c(F)c1)c1sccc1Br. The number of aliphatic hydroxyl groups excluding tert-OH is 1. The Bertz CT molecular complexity index is 527. The maximum atomic E-state index is 13.0. The molecule has 0 saturated carbocycles.